The fraction of sp³-hybridized carbons (Fsp3) is 0.571. The van der Waals surface area contributed by atoms with Crippen LogP contribution in [0.2, 0.25) is 0 Å². The minimum absolute atomic E-state index is 0. The molecule has 1 aromatic rings. The maximum atomic E-state index is 12.7. The molecule has 1 fully saturated rings. The zero-order valence-electron chi connectivity index (χ0n) is 18.0. The highest BCUT2D eigenvalue weighted by Gasteiger charge is 2.27. The number of aliphatic imine (C=N–C) groups is 1. The number of benzene rings is 1. The predicted molar refractivity (Wildman–Crippen MR) is 128 cm³/mol. The number of carbonyl (C=O) groups excluding carboxylic acids is 2. The summed E-state index contributed by atoms with van der Waals surface area (Å²) in [7, 11) is 0. The quantitative estimate of drug-likeness (QED) is 0.361. The van der Waals surface area contributed by atoms with Crippen molar-refractivity contribution in [1.29, 1.82) is 0 Å². The third-order valence-corrected chi connectivity index (χ3v) is 5.04. The monoisotopic (exact) mass is 529 g/mol. The van der Waals surface area contributed by atoms with Crippen molar-refractivity contribution in [2.45, 2.75) is 39.2 Å². The van der Waals surface area contributed by atoms with Gasteiger partial charge in [0.2, 0.25) is 5.91 Å². The lowest BCUT2D eigenvalue weighted by molar-refractivity contribution is -0.117. The number of fused-ring (bicyclic) bond motifs is 1. The third kappa shape index (κ3) is 6.23. The summed E-state index contributed by atoms with van der Waals surface area (Å²) in [6.07, 6.45) is 1.63. The van der Waals surface area contributed by atoms with Crippen LogP contribution in [0, 0.1) is 0 Å². The molecule has 0 bridgehead atoms. The van der Waals surface area contributed by atoms with Crippen molar-refractivity contribution in [2.24, 2.45) is 10.7 Å². The summed E-state index contributed by atoms with van der Waals surface area (Å²) in [5.74, 6) is 0.292. The number of aryl methyl sites for hydroxylation is 1. The van der Waals surface area contributed by atoms with Crippen LogP contribution in [0.25, 0.3) is 0 Å². The number of amides is 2. The molecule has 1 aromatic carbocycles. The van der Waals surface area contributed by atoms with Crippen molar-refractivity contribution in [3.05, 3.63) is 29.8 Å². The highest BCUT2D eigenvalue weighted by atomic mass is 127. The molecule has 2 N–H and O–H groups in total. The van der Waals surface area contributed by atoms with Gasteiger partial charge < -0.3 is 25.2 Å². The molecular formula is C21H32IN5O3. The van der Waals surface area contributed by atoms with Gasteiger partial charge in [-0.25, -0.2) is 9.79 Å². The summed E-state index contributed by atoms with van der Waals surface area (Å²) in [6.45, 7) is 8.44. The third-order valence-electron chi connectivity index (χ3n) is 5.04. The first kappa shape index (κ1) is 24.2. The van der Waals surface area contributed by atoms with Gasteiger partial charge >= 0.3 is 6.09 Å². The first-order valence-corrected chi connectivity index (χ1v) is 10.2. The van der Waals surface area contributed by atoms with E-state index in [4.69, 9.17) is 10.5 Å². The molecule has 2 amide bonds. The first-order chi connectivity index (χ1) is 13.7. The Morgan fingerprint density at radius 3 is 2.37 bits per heavy atom. The molecule has 0 spiro atoms. The zero-order chi connectivity index (χ0) is 21.0. The van der Waals surface area contributed by atoms with Crippen molar-refractivity contribution in [3.8, 4) is 0 Å². The lowest BCUT2D eigenvalue weighted by Crippen LogP contribution is -2.53. The van der Waals surface area contributed by atoms with E-state index >= 15 is 0 Å². The van der Waals surface area contributed by atoms with E-state index in [0.717, 1.165) is 18.5 Å². The number of hydrogen-bond acceptors (Lipinski definition) is 4. The molecular weight excluding hydrogens is 497 g/mol. The number of hydrogen-bond donors (Lipinski definition) is 1. The number of nitrogens with two attached hydrogens (primary N) is 1. The van der Waals surface area contributed by atoms with E-state index < -0.39 is 5.60 Å². The van der Waals surface area contributed by atoms with E-state index in [0.29, 0.717) is 38.7 Å². The molecule has 0 saturated carbocycles. The van der Waals surface area contributed by atoms with Crippen molar-refractivity contribution in [3.63, 3.8) is 0 Å². The van der Waals surface area contributed by atoms with Gasteiger partial charge in [0.25, 0.3) is 0 Å². The summed E-state index contributed by atoms with van der Waals surface area (Å²) < 4.78 is 5.40. The molecule has 0 radical (unpaired) electrons. The number of halogens is 1. The molecule has 0 atom stereocenters. The number of anilines is 1. The maximum absolute atomic E-state index is 12.7. The highest BCUT2D eigenvalue weighted by Crippen LogP contribution is 2.26. The minimum atomic E-state index is -0.512. The zero-order valence-corrected chi connectivity index (χ0v) is 20.3. The molecule has 1 saturated heterocycles. The lowest BCUT2D eigenvalue weighted by Gasteiger charge is -2.36. The smallest absolute Gasteiger partial charge is 0.410 e. The average molecular weight is 529 g/mol. The van der Waals surface area contributed by atoms with Crippen LogP contribution in [0.5, 0.6) is 0 Å². The van der Waals surface area contributed by atoms with Crippen LogP contribution in [-0.4, -0.2) is 72.6 Å². The van der Waals surface area contributed by atoms with Crippen LogP contribution in [0.1, 0.15) is 32.8 Å². The molecule has 166 valence electrons. The molecule has 2 aliphatic rings. The largest absolute Gasteiger partial charge is 0.444 e. The van der Waals surface area contributed by atoms with E-state index in [1.807, 2.05) is 43.9 Å². The number of rotatable bonds is 2. The van der Waals surface area contributed by atoms with Gasteiger partial charge in [0.1, 0.15) is 12.1 Å². The number of piperazine rings is 1. The predicted octanol–water partition coefficient (Wildman–Crippen LogP) is 2.45. The lowest BCUT2D eigenvalue weighted by atomic mass is 10.0. The number of carbonyl (C=O) groups is 2. The molecule has 2 aliphatic heterocycles. The fourth-order valence-electron chi connectivity index (χ4n) is 3.57. The number of nitrogens with zero attached hydrogens (tertiary/aromatic N) is 4. The van der Waals surface area contributed by atoms with Gasteiger partial charge in [-0.3, -0.25) is 4.79 Å². The van der Waals surface area contributed by atoms with E-state index in [2.05, 4.69) is 11.1 Å². The van der Waals surface area contributed by atoms with E-state index in [1.165, 1.54) is 5.56 Å². The minimum Gasteiger partial charge on any atom is -0.444 e. The Morgan fingerprint density at radius 1 is 1.07 bits per heavy atom. The molecule has 8 nitrogen and oxygen atoms in total. The Balaban J connectivity index is 0.00000320. The molecule has 3 rings (SSSR count). The van der Waals surface area contributed by atoms with E-state index in [9.17, 15) is 9.59 Å². The molecule has 0 aromatic heterocycles. The summed E-state index contributed by atoms with van der Waals surface area (Å²) in [5, 5.41) is 0. The van der Waals surface area contributed by atoms with Crippen molar-refractivity contribution >= 4 is 47.6 Å². The Kier molecular flexibility index (Phi) is 8.34. The van der Waals surface area contributed by atoms with E-state index in [1.54, 1.807) is 9.80 Å². The summed E-state index contributed by atoms with van der Waals surface area (Å²) in [6, 6.07) is 8.00. The normalized spacial score (nSPS) is 17.2. The van der Waals surface area contributed by atoms with Crippen LogP contribution < -0.4 is 10.6 Å². The second kappa shape index (κ2) is 10.3. The standard InChI is InChI=1S/C21H31N5O3.HI/c1-21(2,3)29-20(28)25-13-11-24(12-14-25)19(22)23-15-18(27)26-10-6-8-16-7-4-5-9-17(16)26;/h4-5,7,9H,6,8,10-15H2,1-3H3,(H2,22,23);1H. The average Bonchev–Trinajstić information content (AvgIpc) is 2.70. The Morgan fingerprint density at radius 2 is 1.70 bits per heavy atom. The summed E-state index contributed by atoms with van der Waals surface area (Å²) >= 11 is 0. The molecule has 9 heteroatoms. The Hall–Kier alpha value is -2.04. The Labute approximate surface area is 195 Å². The van der Waals surface area contributed by atoms with Gasteiger partial charge in [0.15, 0.2) is 5.96 Å². The second-order valence-corrected chi connectivity index (χ2v) is 8.41. The van der Waals surface area contributed by atoms with Crippen LogP contribution in [0.3, 0.4) is 0 Å². The van der Waals surface area contributed by atoms with Crippen molar-refractivity contribution in [2.75, 3.05) is 44.2 Å². The van der Waals surface area contributed by atoms with Crippen molar-refractivity contribution < 1.29 is 14.3 Å². The van der Waals surface area contributed by atoms with Gasteiger partial charge in [0.05, 0.1) is 0 Å². The molecule has 0 unspecified atom stereocenters. The first-order valence-electron chi connectivity index (χ1n) is 10.2. The highest BCUT2D eigenvalue weighted by molar-refractivity contribution is 14.0. The molecule has 2 heterocycles. The number of guanidine groups is 1. The van der Waals surface area contributed by atoms with Gasteiger partial charge in [-0.1, -0.05) is 18.2 Å². The summed E-state index contributed by atoms with van der Waals surface area (Å²) in [4.78, 5) is 34.5. The van der Waals surface area contributed by atoms with Gasteiger partial charge in [-0.2, -0.15) is 0 Å². The summed E-state index contributed by atoms with van der Waals surface area (Å²) in [5.41, 5.74) is 7.77. The van der Waals surface area contributed by atoms with Crippen LogP contribution >= 0.6 is 24.0 Å². The Bertz CT molecular complexity index is 785. The van der Waals surface area contributed by atoms with Gasteiger partial charge in [0, 0.05) is 38.4 Å². The fourth-order valence-corrected chi connectivity index (χ4v) is 3.57. The van der Waals surface area contributed by atoms with Crippen LogP contribution in [-0.2, 0) is 16.0 Å². The second-order valence-electron chi connectivity index (χ2n) is 8.41. The number of para-hydroxylation sites is 1. The molecule has 30 heavy (non-hydrogen) atoms. The topological polar surface area (TPSA) is 91.5 Å². The maximum Gasteiger partial charge on any atom is 0.410 e. The van der Waals surface area contributed by atoms with E-state index in [-0.39, 0.29) is 42.5 Å². The van der Waals surface area contributed by atoms with Gasteiger partial charge in [-0.15, -0.1) is 24.0 Å². The molecule has 0 aliphatic carbocycles. The number of ether oxygens (including phenoxy) is 1. The van der Waals surface area contributed by atoms with Crippen LogP contribution in [0.15, 0.2) is 29.3 Å². The van der Waals surface area contributed by atoms with Gasteiger partial charge in [-0.05, 0) is 45.2 Å². The van der Waals surface area contributed by atoms with Crippen molar-refractivity contribution in [1.82, 2.24) is 9.80 Å². The van der Waals surface area contributed by atoms with Crippen LogP contribution in [0.4, 0.5) is 10.5 Å². The SMILES string of the molecule is CC(C)(C)OC(=O)N1CCN(C(N)=NCC(=O)N2CCCc3ccccc32)CC1.I.